The fourth-order valence-corrected chi connectivity index (χ4v) is 3.21. The van der Waals surface area contributed by atoms with Crippen LogP contribution in [0, 0.1) is 11.3 Å². The van der Waals surface area contributed by atoms with E-state index in [1.165, 1.54) is 12.8 Å². The zero-order valence-corrected chi connectivity index (χ0v) is 13.4. The van der Waals surface area contributed by atoms with Crippen LogP contribution in [-0.4, -0.2) is 43.3 Å². The Kier molecular flexibility index (Phi) is 5.08. The van der Waals surface area contributed by atoms with E-state index in [0.29, 0.717) is 17.2 Å². The Hall–Kier alpha value is -0.610. The Balaban J connectivity index is 2.00. The van der Waals surface area contributed by atoms with E-state index in [4.69, 9.17) is 4.74 Å². The highest BCUT2D eigenvalue weighted by atomic mass is 16.5. The average Bonchev–Trinajstić information content (AvgIpc) is 3.16. The summed E-state index contributed by atoms with van der Waals surface area (Å²) in [5.41, 5.74) is 0.338. The lowest BCUT2D eigenvalue weighted by atomic mass is 9.98. The molecule has 0 spiro atoms. The van der Waals surface area contributed by atoms with Crippen LogP contribution in [0.15, 0.2) is 0 Å². The van der Waals surface area contributed by atoms with Gasteiger partial charge in [0.1, 0.15) is 0 Å². The first-order chi connectivity index (χ1) is 9.56. The Morgan fingerprint density at radius 3 is 2.65 bits per heavy atom. The standard InChI is InChI=1S/C16H30N2O2/c1-5-12(3)14-15(19)18(13(6-2)17-14)11-16(7-8-16)9-10-20-4/h12-14,17H,5-11H2,1-4H3. The predicted octanol–water partition coefficient (Wildman–Crippen LogP) is 2.39. The number of methoxy groups -OCH3 is 1. The summed E-state index contributed by atoms with van der Waals surface area (Å²) in [6, 6.07) is 0.0168. The maximum absolute atomic E-state index is 12.7. The molecule has 0 aromatic heterocycles. The van der Waals surface area contributed by atoms with Crippen molar-refractivity contribution in [2.45, 2.75) is 65.1 Å². The summed E-state index contributed by atoms with van der Waals surface area (Å²) in [5.74, 6) is 0.727. The van der Waals surface area contributed by atoms with Gasteiger partial charge in [0.25, 0.3) is 0 Å². The molecule has 0 aromatic rings. The molecule has 116 valence electrons. The first kappa shape index (κ1) is 15.8. The van der Waals surface area contributed by atoms with Crippen molar-refractivity contribution in [2.24, 2.45) is 11.3 Å². The molecule has 0 aromatic carbocycles. The maximum Gasteiger partial charge on any atom is 0.241 e. The number of ether oxygens (including phenoxy) is 1. The third kappa shape index (κ3) is 3.17. The second kappa shape index (κ2) is 6.44. The van der Waals surface area contributed by atoms with Gasteiger partial charge in [-0.25, -0.2) is 0 Å². The van der Waals surface area contributed by atoms with Crippen LogP contribution in [0.1, 0.15) is 52.9 Å². The monoisotopic (exact) mass is 282 g/mol. The summed E-state index contributed by atoms with van der Waals surface area (Å²) in [5, 5.41) is 3.54. The van der Waals surface area contributed by atoms with E-state index < -0.39 is 0 Å². The van der Waals surface area contributed by atoms with E-state index >= 15 is 0 Å². The van der Waals surface area contributed by atoms with Gasteiger partial charge in [-0.05, 0) is 37.0 Å². The van der Waals surface area contributed by atoms with Crippen LogP contribution in [0.4, 0.5) is 0 Å². The molecule has 4 heteroatoms. The van der Waals surface area contributed by atoms with Gasteiger partial charge in [0.15, 0.2) is 0 Å². The molecule has 2 fully saturated rings. The number of hydrogen-bond acceptors (Lipinski definition) is 3. The predicted molar refractivity (Wildman–Crippen MR) is 80.3 cm³/mol. The number of carbonyl (C=O) groups is 1. The smallest absolute Gasteiger partial charge is 0.241 e. The first-order valence-electron chi connectivity index (χ1n) is 8.12. The summed E-state index contributed by atoms with van der Waals surface area (Å²) in [7, 11) is 1.76. The molecule has 1 amide bonds. The van der Waals surface area contributed by atoms with Crippen LogP contribution in [0.25, 0.3) is 0 Å². The highest BCUT2D eigenvalue weighted by Crippen LogP contribution is 2.50. The molecule has 3 unspecified atom stereocenters. The lowest BCUT2D eigenvalue weighted by Gasteiger charge is -2.28. The van der Waals surface area contributed by atoms with Crippen molar-refractivity contribution in [3.8, 4) is 0 Å². The lowest BCUT2D eigenvalue weighted by Crippen LogP contribution is -2.40. The molecule has 1 N–H and O–H groups in total. The summed E-state index contributed by atoms with van der Waals surface area (Å²) in [6.07, 6.45) is 5.82. The van der Waals surface area contributed by atoms with E-state index in [-0.39, 0.29) is 12.2 Å². The van der Waals surface area contributed by atoms with Crippen molar-refractivity contribution < 1.29 is 9.53 Å². The Bertz CT molecular complexity index is 341. The quantitative estimate of drug-likeness (QED) is 0.743. The largest absolute Gasteiger partial charge is 0.385 e. The molecule has 1 saturated heterocycles. The van der Waals surface area contributed by atoms with E-state index in [1.807, 2.05) is 0 Å². The Morgan fingerprint density at radius 1 is 1.45 bits per heavy atom. The van der Waals surface area contributed by atoms with Gasteiger partial charge >= 0.3 is 0 Å². The van der Waals surface area contributed by atoms with Gasteiger partial charge in [-0.2, -0.15) is 0 Å². The number of carbonyl (C=O) groups excluding carboxylic acids is 1. The van der Waals surface area contributed by atoms with Crippen LogP contribution in [0.3, 0.4) is 0 Å². The van der Waals surface area contributed by atoms with Gasteiger partial charge in [-0.3, -0.25) is 10.1 Å². The van der Waals surface area contributed by atoms with E-state index in [2.05, 4.69) is 31.0 Å². The topological polar surface area (TPSA) is 41.6 Å². The fraction of sp³-hybridized carbons (Fsp3) is 0.938. The molecular formula is C16H30N2O2. The van der Waals surface area contributed by atoms with Crippen LogP contribution in [-0.2, 0) is 9.53 Å². The SMILES string of the molecule is CCC(C)C1NC(CC)N(CC2(CCOC)CC2)C1=O. The molecule has 1 aliphatic heterocycles. The minimum Gasteiger partial charge on any atom is -0.385 e. The third-order valence-corrected chi connectivity index (χ3v) is 5.20. The molecule has 1 heterocycles. The van der Waals surface area contributed by atoms with Crippen LogP contribution in [0.2, 0.25) is 0 Å². The van der Waals surface area contributed by atoms with E-state index in [0.717, 1.165) is 32.4 Å². The molecule has 0 radical (unpaired) electrons. The van der Waals surface area contributed by atoms with Gasteiger partial charge in [0.05, 0.1) is 12.2 Å². The first-order valence-corrected chi connectivity index (χ1v) is 8.12. The van der Waals surface area contributed by atoms with Crippen molar-refractivity contribution >= 4 is 5.91 Å². The average molecular weight is 282 g/mol. The highest BCUT2D eigenvalue weighted by Gasteiger charge is 2.49. The molecule has 2 aliphatic rings. The van der Waals surface area contributed by atoms with Crippen LogP contribution in [0.5, 0.6) is 0 Å². The summed E-state index contributed by atoms with van der Waals surface area (Å²) >= 11 is 0. The zero-order valence-electron chi connectivity index (χ0n) is 13.4. The van der Waals surface area contributed by atoms with E-state index in [9.17, 15) is 4.79 Å². The summed E-state index contributed by atoms with van der Waals surface area (Å²) in [4.78, 5) is 14.8. The normalized spacial score (nSPS) is 29.8. The number of nitrogens with zero attached hydrogens (tertiary/aromatic N) is 1. The van der Waals surface area contributed by atoms with Gasteiger partial charge < -0.3 is 9.64 Å². The molecule has 4 nitrogen and oxygen atoms in total. The number of amides is 1. The third-order valence-electron chi connectivity index (χ3n) is 5.20. The lowest BCUT2D eigenvalue weighted by molar-refractivity contribution is -0.131. The fourth-order valence-electron chi connectivity index (χ4n) is 3.21. The minimum absolute atomic E-state index is 0.0168. The number of hydrogen-bond donors (Lipinski definition) is 1. The molecular weight excluding hydrogens is 252 g/mol. The van der Waals surface area contributed by atoms with Gasteiger partial charge in [-0.1, -0.05) is 27.2 Å². The maximum atomic E-state index is 12.7. The second-order valence-electron chi connectivity index (χ2n) is 6.66. The van der Waals surface area contributed by atoms with Crippen molar-refractivity contribution in [3.05, 3.63) is 0 Å². The molecule has 1 saturated carbocycles. The number of nitrogens with one attached hydrogen (secondary N) is 1. The Morgan fingerprint density at radius 2 is 2.15 bits per heavy atom. The Labute approximate surface area is 123 Å². The van der Waals surface area contributed by atoms with Crippen molar-refractivity contribution in [2.75, 3.05) is 20.3 Å². The van der Waals surface area contributed by atoms with Gasteiger partial charge in [0, 0.05) is 20.3 Å². The van der Waals surface area contributed by atoms with Gasteiger partial charge in [-0.15, -0.1) is 0 Å². The summed E-state index contributed by atoms with van der Waals surface area (Å²) in [6.45, 7) is 8.20. The van der Waals surface area contributed by atoms with Crippen molar-refractivity contribution in [3.63, 3.8) is 0 Å². The van der Waals surface area contributed by atoms with Gasteiger partial charge in [0.2, 0.25) is 5.91 Å². The molecule has 0 bridgehead atoms. The zero-order chi connectivity index (χ0) is 14.8. The van der Waals surface area contributed by atoms with Crippen LogP contribution < -0.4 is 5.32 Å². The minimum atomic E-state index is 0.0168. The van der Waals surface area contributed by atoms with Crippen molar-refractivity contribution in [1.82, 2.24) is 10.2 Å². The molecule has 2 rings (SSSR count). The molecule has 20 heavy (non-hydrogen) atoms. The second-order valence-corrected chi connectivity index (χ2v) is 6.66. The number of rotatable bonds is 8. The summed E-state index contributed by atoms with van der Waals surface area (Å²) < 4.78 is 5.22. The van der Waals surface area contributed by atoms with Crippen molar-refractivity contribution in [1.29, 1.82) is 0 Å². The molecule has 1 aliphatic carbocycles. The van der Waals surface area contributed by atoms with Crippen LogP contribution >= 0.6 is 0 Å². The highest BCUT2D eigenvalue weighted by molar-refractivity contribution is 5.84. The molecule has 3 atom stereocenters. The van der Waals surface area contributed by atoms with E-state index in [1.54, 1.807) is 7.11 Å².